The molecule has 0 atom stereocenters. The van der Waals surface area contributed by atoms with Crippen LogP contribution in [0, 0.1) is 0 Å². The number of benzene rings is 1. The van der Waals surface area contributed by atoms with Crippen LogP contribution in [0.3, 0.4) is 0 Å². The summed E-state index contributed by atoms with van der Waals surface area (Å²) in [5, 5.41) is 4.54. The van der Waals surface area contributed by atoms with Crippen molar-refractivity contribution in [3.63, 3.8) is 0 Å². The Bertz CT molecular complexity index is 417. The molecular formula is C13H18N2S. The van der Waals surface area contributed by atoms with E-state index in [4.69, 9.17) is 0 Å². The van der Waals surface area contributed by atoms with Gasteiger partial charge in [-0.25, -0.2) is 0 Å². The fourth-order valence-electron chi connectivity index (χ4n) is 1.76. The van der Waals surface area contributed by atoms with Gasteiger partial charge in [0.15, 0.2) is 0 Å². The molecule has 1 aromatic carbocycles. The summed E-state index contributed by atoms with van der Waals surface area (Å²) < 4.78 is 1.39. The van der Waals surface area contributed by atoms with E-state index in [2.05, 4.69) is 47.6 Å². The number of thiophene rings is 1. The van der Waals surface area contributed by atoms with E-state index in [1.807, 2.05) is 18.4 Å². The summed E-state index contributed by atoms with van der Waals surface area (Å²) in [5.74, 6) is 0. The molecule has 0 aliphatic carbocycles. The molecule has 0 radical (unpaired) electrons. The van der Waals surface area contributed by atoms with Crippen molar-refractivity contribution >= 4 is 21.4 Å². The molecular weight excluding hydrogens is 216 g/mol. The summed E-state index contributed by atoms with van der Waals surface area (Å²) >= 11 is 1.90. The van der Waals surface area contributed by atoms with Crippen LogP contribution < -0.4 is 5.32 Å². The molecule has 0 spiro atoms. The van der Waals surface area contributed by atoms with Crippen molar-refractivity contribution in [1.29, 1.82) is 0 Å². The average molecular weight is 234 g/mol. The topological polar surface area (TPSA) is 15.3 Å². The maximum absolute atomic E-state index is 3.17. The van der Waals surface area contributed by atoms with Crippen LogP contribution in [0.4, 0.5) is 0 Å². The molecule has 0 unspecified atom stereocenters. The Hall–Kier alpha value is -0.900. The molecule has 16 heavy (non-hydrogen) atoms. The molecule has 0 aliphatic heterocycles. The summed E-state index contributed by atoms with van der Waals surface area (Å²) in [4.78, 5) is 3.79. The number of hydrogen-bond donors (Lipinski definition) is 1. The average Bonchev–Trinajstić information content (AvgIpc) is 2.68. The van der Waals surface area contributed by atoms with Crippen molar-refractivity contribution in [2.45, 2.75) is 6.54 Å². The van der Waals surface area contributed by atoms with Crippen LogP contribution in [0.15, 0.2) is 30.3 Å². The van der Waals surface area contributed by atoms with Crippen LogP contribution in [-0.2, 0) is 6.54 Å². The molecule has 2 rings (SSSR count). The summed E-state index contributed by atoms with van der Waals surface area (Å²) in [6.07, 6.45) is 0. The molecule has 0 fully saturated rings. The zero-order chi connectivity index (χ0) is 11.4. The zero-order valence-electron chi connectivity index (χ0n) is 9.86. The highest BCUT2D eigenvalue weighted by Crippen LogP contribution is 2.25. The highest BCUT2D eigenvalue weighted by molar-refractivity contribution is 7.19. The maximum Gasteiger partial charge on any atom is 0.0346 e. The van der Waals surface area contributed by atoms with E-state index in [9.17, 15) is 0 Å². The lowest BCUT2D eigenvalue weighted by molar-refractivity contribution is 0.331. The van der Waals surface area contributed by atoms with Crippen molar-refractivity contribution in [2.75, 3.05) is 27.2 Å². The SMILES string of the molecule is CNCCN(C)Cc1cc2ccccc2s1. The van der Waals surface area contributed by atoms with E-state index in [0.29, 0.717) is 0 Å². The van der Waals surface area contributed by atoms with E-state index in [1.54, 1.807) is 0 Å². The number of hydrogen-bond acceptors (Lipinski definition) is 3. The van der Waals surface area contributed by atoms with Crippen LogP contribution in [0.25, 0.3) is 10.1 Å². The lowest BCUT2D eigenvalue weighted by Gasteiger charge is -2.14. The first-order chi connectivity index (χ1) is 7.79. The second-order valence-electron chi connectivity index (χ2n) is 4.09. The Balaban J connectivity index is 2.03. The summed E-state index contributed by atoms with van der Waals surface area (Å²) in [6, 6.07) is 10.9. The van der Waals surface area contributed by atoms with E-state index in [1.165, 1.54) is 15.0 Å². The minimum absolute atomic E-state index is 1.04. The summed E-state index contributed by atoms with van der Waals surface area (Å²) in [7, 11) is 4.16. The van der Waals surface area contributed by atoms with Crippen molar-refractivity contribution in [2.24, 2.45) is 0 Å². The lowest BCUT2D eigenvalue weighted by Crippen LogP contribution is -2.26. The molecule has 2 nitrogen and oxygen atoms in total. The number of nitrogens with one attached hydrogen (secondary N) is 1. The Morgan fingerprint density at radius 2 is 2.12 bits per heavy atom. The molecule has 0 amide bonds. The van der Waals surface area contributed by atoms with Crippen molar-refractivity contribution in [3.8, 4) is 0 Å². The van der Waals surface area contributed by atoms with Gasteiger partial charge in [0, 0.05) is 29.2 Å². The standard InChI is InChI=1S/C13H18N2S/c1-14-7-8-15(2)10-12-9-11-5-3-4-6-13(11)16-12/h3-6,9,14H,7-8,10H2,1-2H3. The Morgan fingerprint density at radius 1 is 1.31 bits per heavy atom. The van der Waals surface area contributed by atoms with Gasteiger partial charge in [0.25, 0.3) is 0 Å². The fourth-order valence-corrected chi connectivity index (χ4v) is 2.91. The van der Waals surface area contributed by atoms with Crippen LogP contribution in [-0.4, -0.2) is 32.1 Å². The van der Waals surface area contributed by atoms with Gasteiger partial charge in [0.05, 0.1) is 0 Å². The van der Waals surface area contributed by atoms with Gasteiger partial charge >= 0.3 is 0 Å². The van der Waals surface area contributed by atoms with Gasteiger partial charge in [-0.3, -0.25) is 0 Å². The van der Waals surface area contributed by atoms with Gasteiger partial charge in [0.2, 0.25) is 0 Å². The molecule has 0 aliphatic rings. The minimum Gasteiger partial charge on any atom is -0.318 e. The molecule has 2 aromatic rings. The molecule has 1 N–H and O–H groups in total. The van der Waals surface area contributed by atoms with E-state index in [-0.39, 0.29) is 0 Å². The molecule has 86 valence electrons. The maximum atomic E-state index is 3.17. The van der Waals surface area contributed by atoms with Gasteiger partial charge in [-0.15, -0.1) is 11.3 Å². The third kappa shape index (κ3) is 2.82. The lowest BCUT2D eigenvalue weighted by atomic mass is 10.2. The summed E-state index contributed by atoms with van der Waals surface area (Å²) in [6.45, 7) is 3.17. The third-order valence-electron chi connectivity index (χ3n) is 2.65. The monoisotopic (exact) mass is 234 g/mol. The largest absolute Gasteiger partial charge is 0.318 e. The Kier molecular flexibility index (Phi) is 3.93. The van der Waals surface area contributed by atoms with Crippen LogP contribution >= 0.6 is 11.3 Å². The highest BCUT2D eigenvalue weighted by atomic mass is 32.1. The van der Waals surface area contributed by atoms with Gasteiger partial charge in [-0.2, -0.15) is 0 Å². The van der Waals surface area contributed by atoms with E-state index in [0.717, 1.165) is 19.6 Å². The highest BCUT2D eigenvalue weighted by Gasteiger charge is 2.04. The van der Waals surface area contributed by atoms with Gasteiger partial charge in [0.1, 0.15) is 0 Å². The minimum atomic E-state index is 1.04. The molecule has 1 aromatic heterocycles. The first kappa shape index (κ1) is 11.6. The molecule has 0 saturated heterocycles. The number of likely N-dealkylation sites (N-methyl/N-ethyl adjacent to an activating group) is 2. The first-order valence-corrected chi connectivity index (χ1v) is 6.42. The number of nitrogens with zero attached hydrogens (tertiary/aromatic N) is 1. The molecule has 1 heterocycles. The van der Waals surface area contributed by atoms with Crippen LogP contribution in [0.2, 0.25) is 0 Å². The number of rotatable bonds is 5. The predicted octanol–water partition coefficient (Wildman–Crippen LogP) is 2.55. The van der Waals surface area contributed by atoms with Gasteiger partial charge in [-0.1, -0.05) is 18.2 Å². The zero-order valence-corrected chi connectivity index (χ0v) is 10.7. The number of fused-ring (bicyclic) bond motifs is 1. The molecule has 3 heteroatoms. The smallest absolute Gasteiger partial charge is 0.0346 e. The Labute approximate surface area is 101 Å². The van der Waals surface area contributed by atoms with Crippen LogP contribution in [0.1, 0.15) is 4.88 Å². The van der Waals surface area contributed by atoms with Crippen LogP contribution in [0.5, 0.6) is 0 Å². The van der Waals surface area contributed by atoms with Gasteiger partial charge in [-0.05, 0) is 31.6 Å². The van der Waals surface area contributed by atoms with Crippen molar-refractivity contribution in [1.82, 2.24) is 10.2 Å². The summed E-state index contributed by atoms with van der Waals surface area (Å²) in [5.41, 5.74) is 0. The quantitative estimate of drug-likeness (QED) is 0.855. The van der Waals surface area contributed by atoms with Crippen molar-refractivity contribution < 1.29 is 0 Å². The first-order valence-electron chi connectivity index (χ1n) is 5.60. The van der Waals surface area contributed by atoms with E-state index < -0.39 is 0 Å². The normalized spacial score (nSPS) is 11.4. The fraction of sp³-hybridized carbons (Fsp3) is 0.385. The molecule has 0 saturated carbocycles. The Morgan fingerprint density at radius 3 is 2.88 bits per heavy atom. The van der Waals surface area contributed by atoms with Crippen molar-refractivity contribution in [3.05, 3.63) is 35.2 Å². The second-order valence-corrected chi connectivity index (χ2v) is 5.26. The van der Waals surface area contributed by atoms with Gasteiger partial charge < -0.3 is 10.2 Å². The predicted molar refractivity (Wildman–Crippen MR) is 72.1 cm³/mol. The van der Waals surface area contributed by atoms with E-state index >= 15 is 0 Å². The second kappa shape index (κ2) is 5.43. The third-order valence-corrected chi connectivity index (χ3v) is 3.75. The molecule has 0 bridgehead atoms.